The van der Waals surface area contributed by atoms with E-state index in [0.717, 1.165) is 30.6 Å². The highest BCUT2D eigenvalue weighted by atomic mass is 16.1. The number of rotatable bonds is 3. The Morgan fingerprint density at radius 2 is 2.24 bits per heavy atom. The van der Waals surface area contributed by atoms with Gasteiger partial charge in [0.2, 0.25) is 5.91 Å². The van der Waals surface area contributed by atoms with Gasteiger partial charge in [-0.15, -0.1) is 0 Å². The van der Waals surface area contributed by atoms with Gasteiger partial charge in [-0.2, -0.15) is 0 Å². The molecule has 1 aromatic rings. The summed E-state index contributed by atoms with van der Waals surface area (Å²) in [6.07, 6.45) is 1.58. The third kappa shape index (κ3) is 2.13. The van der Waals surface area contributed by atoms with Crippen LogP contribution in [0, 0.1) is 0 Å². The molecule has 0 radical (unpaired) electrons. The zero-order valence-electron chi connectivity index (χ0n) is 10.1. The zero-order chi connectivity index (χ0) is 12.4. The summed E-state index contributed by atoms with van der Waals surface area (Å²) in [6, 6.07) is 7.82. The first kappa shape index (κ1) is 11.9. The number of anilines is 1. The number of nitrogens with two attached hydrogens (primary N) is 2. The molecule has 0 fully saturated rings. The topological polar surface area (TPSA) is 72.4 Å². The maximum absolute atomic E-state index is 11.5. The Morgan fingerprint density at radius 3 is 2.88 bits per heavy atom. The van der Waals surface area contributed by atoms with E-state index in [1.165, 1.54) is 0 Å². The van der Waals surface area contributed by atoms with Gasteiger partial charge in [-0.3, -0.25) is 4.79 Å². The Morgan fingerprint density at radius 1 is 1.53 bits per heavy atom. The van der Waals surface area contributed by atoms with E-state index in [2.05, 4.69) is 4.90 Å². The van der Waals surface area contributed by atoms with Crippen LogP contribution in [0.1, 0.15) is 31.4 Å². The van der Waals surface area contributed by atoms with E-state index < -0.39 is 0 Å². The molecule has 4 nitrogen and oxygen atoms in total. The van der Waals surface area contributed by atoms with Crippen LogP contribution < -0.4 is 16.4 Å². The number of nitrogens with zero attached hydrogens (tertiary/aromatic N) is 1. The first-order chi connectivity index (χ1) is 8.15. The molecule has 0 aromatic heterocycles. The molecule has 0 spiro atoms. The van der Waals surface area contributed by atoms with Gasteiger partial charge >= 0.3 is 0 Å². The summed E-state index contributed by atoms with van der Waals surface area (Å²) in [5, 5.41) is 0. The predicted octanol–water partition coefficient (Wildman–Crippen LogP) is 1.16. The molecule has 4 heteroatoms. The molecule has 0 saturated carbocycles. The molecule has 17 heavy (non-hydrogen) atoms. The van der Waals surface area contributed by atoms with Gasteiger partial charge in [0, 0.05) is 18.3 Å². The molecule has 2 rings (SSSR count). The Labute approximate surface area is 102 Å². The van der Waals surface area contributed by atoms with Gasteiger partial charge in [0.1, 0.15) is 6.04 Å². The number of hydrogen-bond acceptors (Lipinski definition) is 3. The summed E-state index contributed by atoms with van der Waals surface area (Å²) in [5.41, 5.74) is 13.7. The number of primary amides is 1. The Bertz CT molecular complexity index is 419. The van der Waals surface area contributed by atoms with Crippen molar-refractivity contribution >= 4 is 11.6 Å². The number of carbonyl (C=O) groups is 1. The van der Waals surface area contributed by atoms with E-state index in [1.54, 1.807) is 0 Å². The molecule has 2 atom stereocenters. The van der Waals surface area contributed by atoms with E-state index in [1.807, 2.05) is 31.2 Å². The van der Waals surface area contributed by atoms with Crippen LogP contribution in [-0.2, 0) is 4.79 Å². The highest BCUT2D eigenvalue weighted by Gasteiger charge is 2.29. The first-order valence-corrected chi connectivity index (χ1v) is 6.05. The summed E-state index contributed by atoms with van der Waals surface area (Å²) in [7, 11) is 0. The lowest BCUT2D eigenvalue weighted by molar-refractivity contribution is -0.119. The van der Waals surface area contributed by atoms with Crippen molar-refractivity contribution in [2.45, 2.75) is 31.8 Å². The molecule has 2 unspecified atom stereocenters. The molecular formula is C13H19N3O. The van der Waals surface area contributed by atoms with E-state index in [4.69, 9.17) is 11.5 Å². The van der Waals surface area contributed by atoms with Crippen LogP contribution in [0.5, 0.6) is 0 Å². The molecule has 1 heterocycles. The van der Waals surface area contributed by atoms with Gasteiger partial charge in [-0.25, -0.2) is 0 Å². The minimum atomic E-state index is -0.266. The number of fused-ring (bicyclic) bond motifs is 1. The van der Waals surface area contributed by atoms with Crippen molar-refractivity contribution in [3.8, 4) is 0 Å². The van der Waals surface area contributed by atoms with Gasteiger partial charge in [0.25, 0.3) is 0 Å². The number of carbonyl (C=O) groups excluding carboxylic acids is 1. The van der Waals surface area contributed by atoms with Gasteiger partial charge in [-0.05, 0) is 24.5 Å². The highest BCUT2D eigenvalue weighted by Crippen LogP contribution is 2.33. The molecule has 1 aliphatic rings. The van der Waals surface area contributed by atoms with Crippen molar-refractivity contribution in [3.63, 3.8) is 0 Å². The third-order valence-electron chi connectivity index (χ3n) is 3.42. The van der Waals surface area contributed by atoms with Crippen LogP contribution in [0.3, 0.4) is 0 Å². The minimum Gasteiger partial charge on any atom is -0.368 e. The van der Waals surface area contributed by atoms with E-state index >= 15 is 0 Å². The summed E-state index contributed by atoms with van der Waals surface area (Å²) in [4.78, 5) is 13.6. The Kier molecular flexibility index (Phi) is 3.33. The molecule has 0 saturated heterocycles. The predicted molar refractivity (Wildman–Crippen MR) is 68.6 cm³/mol. The molecule has 0 aliphatic carbocycles. The van der Waals surface area contributed by atoms with Crippen LogP contribution in [0.2, 0.25) is 0 Å². The van der Waals surface area contributed by atoms with Crippen LogP contribution >= 0.6 is 0 Å². The van der Waals surface area contributed by atoms with E-state index in [0.29, 0.717) is 0 Å². The first-order valence-electron chi connectivity index (χ1n) is 6.05. The second-order valence-electron chi connectivity index (χ2n) is 4.47. The standard InChI is InChI=1S/C13H19N3O/c1-2-11(13(15)17)16-8-7-10(14)9-5-3-4-6-12(9)16/h3-6,10-11H,2,7-8,14H2,1H3,(H2,15,17). The summed E-state index contributed by atoms with van der Waals surface area (Å²) in [6.45, 7) is 2.77. The molecular weight excluding hydrogens is 214 g/mol. The third-order valence-corrected chi connectivity index (χ3v) is 3.42. The number of hydrogen-bond donors (Lipinski definition) is 2. The fourth-order valence-corrected chi connectivity index (χ4v) is 2.52. The smallest absolute Gasteiger partial charge is 0.240 e. The largest absolute Gasteiger partial charge is 0.368 e. The van der Waals surface area contributed by atoms with Gasteiger partial charge in [-0.1, -0.05) is 25.1 Å². The average molecular weight is 233 g/mol. The monoisotopic (exact) mass is 233 g/mol. The van der Waals surface area contributed by atoms with Crippen molar-refractivity contribution in [1.82, 2.24) is 0 Å². The quantitative estimate of drug-likeness (QED) is 0.823. The molecule has 1 aromatic carbocycles. The normalized spacial score (nSPS) is 20.8. The van der Waals surface area contributed by atoms with E-state index in [-0.39, 0.29) is 18.0 Å². The average Bonchev–Trinajstić information content (AvgIpc) is 2.33. The van der Waals surface area contributed by atoms with Crippen molar-refractivity contribution in [3.05, 3.63) is 29.8 Å². The zero-order valence-corrected chi connectivity index (χ0v) is 10.1. The summed E-state index contributed by atoms with van der Waals surface area (Å²) in [5.74, 6) is -0.266. The fourth-order valence-electron chi connectivity index (χ4n) is 2.52. The van der Waals surface area contributed by atoms with Crippen LogP contribution in [-0.4, -0.2) is 18.5 Å². The summed E-state index contributed by atoms with van der Waals surface area (Å²) < 4.78 is 0. The fraction of sp³-hybridized carbons (Fsp3) is 0.462. The van der Waals surface area contributed by atoms with Crippen LogP contribution in [0.4, 0.5) is 5.69 Å². The van der Waals surface area contributed by atoms with Gasteiger partial charge in [0.05, 0.1) is 0 Å². The van der Waals surface area contributed by atoms with Crippen LogP contribution in [0.15, 0.2) is 24.3 Å². The molecule has 1 amide bonds. The second-order valence-corrected chi connectivity index (χ2v) is 4.47. The SMILES string of the molecule is CCC(C(N)=O)N1CCC(N)c2ccccc21. The lowest BCUT2D eigenvalue weighted by atomic mass is 9.95. The molecule has 1 aliphatic heterocycles. The maximum atomic E-state index is 11.5. The van der Waals surface area contributed by atoms with Gasteiger partial charge in [0.15, 0.2) is 0 Å². The van der Waals surface area contributed by atoms with Crippen LogP contribution in [0.25, 0.3) is 0 Å². The second kappa shape index (κ2) is 4.75. The van der Waals surface area contributed by atoms with Crippen molar-refractivity contribution in [2.24, 2.45) is 11.5 Å². The molecule has 0 bridgehead atoms. The Balaban J connectivity index is 2.38. The van der Waals surface area contributed by atoms with Crippen molar-refractivity contribution in [1.29, 1.82) is 0 Å². The molecule has 92 valence electrons. The number of benzene rings is 1. The lowest BCUT2D eigenvalue weighted by Crippen LogP contribution is -2.47. The maximum Gasteiger partial charge on any atom is 0.240 e. The summed E-state index contributed by atoms with van der Waals surface area (Å²) >= 11 is 0. The van der Waals surface area contributed by atoms with Crippen molar-refractivity contribution < 1.29 is 4.79 Å². The Hall–Kier alpha value is -1.55. The molecule has 4 N–H and O–H groups in total. The number of para-hydroxylation sites is 1. The van der Waals surface area contributed by atoms with E-state index in [9.17, 15) is 4.79 Å². The highest BCUT2D eigenvalue weighted by molar-refractivity contribution is 5.84. The number of amides is 1. The van der Waals surface area contributed by atoms with Gasteiger partial charge < -0.3 is 16.4 Å². The lowest BCUT2D eigenvalue weighted by Gasteiger charge is -2.38. The minimum absolute atomic E-state index is 0.0628. The van der Waals surface area contributed by atoms with Crippen molar-refractivity contribution in [2.75, 3.05) is 11.4 Å².